The summed E-state index contributed by atoms with van der Waals surface area (Å²) in [5, 5.41) is 0.738. The lowest BCUT2D eigenvalue weighted by Crippen LogP contribution is -1.76. The Balaban J connectivity index is 3.04. The van der Waals surface area contributed by atoms with Crippen LogP contribution in [0.15, 0.2) is 12.3 Å². The van der Waals surface area contributed by atoms with Crippen molar-refractivity contribution >= 4 is 11.6 Å². The summed E-state index contributed by atoms with van der Waals surface area (Å²) in [6.45, 7) is 0. The molecule has 0 fully saturated rings. The van der Waals surface area contributed by atoms with E-state index >= 15 is 0 Å². The lowest BCUT2D eigenvalue weighted by molar-refractivity contribution is 0.919. The number of rotatable bonds is 0. The van der Waals surface area contributed by atoms with Crippen molar-refractivity contribution in [3.8, 4) is 0 Å². The Hall–Kier alpha value is -0.430. The van der Waals surface area contributed by atoms with Crippen LogP contribution in [-0.2, 0) is 7.05 Å². The average molecular weight is 115 g/mol. The molecule has 0 aliphatic rings. The van der Waals surface area contributed by atoms with Crippen LogP contribution in [0.2, 0.25) is 5.02 Å². The Morgan fingerprint density at radius 2 is 2.57 bits per heavy atom. The summed E-state index contributed by atoms with van der Waals surface area (Å²) < 4.78 is 1.78. The summed E-state index contributed by atoms with van der Waals surface area (Å²) in [7, 11) is 1.88. The van der Waals surface area contributed by atoms with Gasteiger partial charge in [-0.3, -0.25) is 0 Å². The number of hydrogen-bond donors (Lipinski definition) is 0. The van der Waals surface area contributed by atoms with E-state index < -0.39 is 0 Å². The second-order valence-electron chi connectivity index (χ2n) is 1.40. The second-order valence-corrected chi connectivity index (χ2v) is 1.83. The normalized spacial score (nSPS) is 9.43. The maximum absolute atomic E-state index is 5.51. The van der Waals surface area contributed by atoms with E-state index in [-0.39, 0.29) is 0 Å². The van der Waals surface area contributed by atoms with Crippen LogP contribution in [0.4, 0.5) is 0 Å². The minimum Gasteiger partial charge on any atom is -0.348 e. The van der Waals surface area contributed by atoms with Crippen molar-refractivity contribution in [2.24, 2.45) is 7.05 Å². The molecule has 0 bridgehead atoms. The van der Waals surface area contributed by atoms with Crippen LogP contribution in [0.1, 0.15) is 0 Å². The van der Waals surface area contributed by atoms with E-state index in [2.05, 4.69) is 6.20 Å². The molecule has 37 valence electrons. The number of nitrogens with zero attached hydrogens (tertiary/aromatic N) is 1. The Morgan fingerprint density at radius 3 is 2.71 bits per heavy atom. The highest BCUT2D eigenvalue weighted by Gasteiger charge is 1.83. The molecule has 7 heavy (non-hydrogen) atoms. The number of hydrogen-bond acceptors (Lipinski definition) is 0. The van der Waals surface area contributed by atoms with Gasteiger partial charge in [0.2, 0.25) is 0 Å². The zero-order chi connectivity index (χ0) is 5.28. The first-order chi connectivity index (χ1) is 3.29. The Kier molecular flexibility index (Phi) is 1.07. The van der Waals surface area contributed by atoms with Gasteiger partial charge in [-0.05, 0) is 6.07 Å². The Morgan fingerprint density at radius 1 is 1.86 bits per heavy atom. The van der Waals surface area contributed by atoms with Crippen LogP contribution in [0.5, 0.6) is 0 Å². The fourth-order valence-corrected chi connectivity index (χ4v) is 0.618. The third kappa shape index (κ3) is 0.967. The topological polar surface area (TPSA) is 4.93 Å². The number of aryl methyl sites for hydroxylation is 1. The van der Waals surface area contributed by atoms with Crippen LogP contribution in [0.3, 0.4) is 0 Å². The predicted molar refractivity (Wildman–Crippen MR) is 29.3 cm³/mol. The molecule has 0 spiro atoms. The summed E-state index contributed by atoms with van der Waals surface area (Å²) in [6, 6.07) is 1.72. The van der Waals surface area contributed by atoms with Crippen LogP contribution >= 0.6 is 11.6 Å². The highest BCUT2D eigenvalue weighted by Crippen LogP contribution is 2.04. The van der Waals surface area contributed by atoms with E-state index in [4.69, 9.17) is 11.6 Å². The van der Waals surface area contributed by atoms with E-state index in [1.165, 1.54) is 0 Å². The molecule has 1 aromatic heterocycles. The molecule has 1 nitrogen and oxygen atoms in total. The van der Waals surface area contributed by atoms with Crippen molar-refractivity contribution in [3.63, 3.8) is 0 Å². The van der Waals surface area contributed by atoms with Gasteiger partial charge in [-0.15, -0.1) is 0 Å². The lowest BCUT2D eigenvalue weighted by Gasteiger charge is -1.79. The molecule has 0 aliphatic heterocycles. The molecule has 1 radical (unpaired) electrons. The molecule has 0 saturated heterocycles. The van der Waals surface area contributed by atoms with Gasteiger partial charge in [0, 0.05) is 13.2 Å². The first-order valence-corrected chi connectivity index (χ1v) is 2.36. The van der Waals surface area contributed by atoms with Gasteiger partial charge in [0.25, 0.3) is 0 Å². The van der Waals surface area contributed by atoms with Gasteiger partial charge >= 0.3 is 0 Å². The third-order valence-electron chi connectivity index (χ3n) is 0.723. The van der Waals surface area contributed by atoms with E-state index in [0.29, 0.717) is 0 Å². The second kappa shape index (κ2) is 1.58. The fraction of sp³-hybridized carbons (Fsp3) is 0.200. The van der Waals surface area contributed by atoms with Crippen molar-refractivity contribution in [1.82, 2.24) is 4.57 Å². The third-order valence-corrected chi connectivity index (χ3v) is 0.930. The molecule has 0 amide bonds. The van der Waals surface area contributed by atoms with Gasteiger partial charge in [0.05, 0.1) is 11.2 Å². The minimum absolute atomic E-state index is 0.738. The minimum atomic E-state index is 0.738. The van der Waals surface area contributed by atoms with Gasteiger partial charge in [-0.25, -0.2) is 0 Å². The molecular formula is C5H5ClN. The summed E-state index contributed by atoms with van der Waals surface area (Å²) >= 11 is 5.51. The Labute approximate surface area is 47.5 Å². The highest BCUT2D eigenvalue weighted by atomic mass is 35.5. The van der Waals surface area contributed by atoms with Gasteiger partial charge < -0.3 is 4.57 Å². The molecule has 0 unspecified atom stereocenters. The zero-order valence-corrected chi connectivity index (χ0v) is 4.74. The van der Waals surface area contributed by atoms with Gasteiger partial charge in [-0.2, -0.15) is 0 Å². The standard InChI is InChI=1S/C5H5ClN/c1-7-3-2-5(6)4-7/h2,4H,1H3. The van der Waals surface area contributed by atoms with Crippen molar-refractivity contribution in [2.75, 3.05) is 0 Å². The zero-order valence-electron chi connectivity index (χ0n) is 3.98. The molecule has 0 saturated carbocycles. The van der Waals surface area contributed by atoms with Gasteiger partial charge in [-0.1, -0.05) is 11.6 Å². The fourth-order valence-electron chi connectivity index (χ4n) is 0.423. The molecule has 1 rings (SSSR count). The van der Waals surface area contributed by atoms with Crippen LogP contribution in [0.25, 0.3) is 0 Å². The summed E-state index contributed by atoms with van der Waals surface area (Å²) in [5.41, 5.74) is 0. The Bertz CT molecular complexity index is 140. The van der Waals surface area contributed by atoms with Crippen molar-refractivity contribution in [1.29, 1.82) is 0 Å². The molecule has 1 heterocycles. The molecule has 0 N–H and O–H groups in total. The molecule has 0 atom stereocenters. The van der Waals surface area contributed by atoms with Crippen molar-refractivity contribution in [3.05, 3.63) is 23.5 Å². The number of halogens is 1. The quantitative estimate of drug-likeness (QED) is 0.482. The molecule has 1 aromatic rings. The van der Waals surface area contributed by atoms with Crippen LogP contribution in [-0.4, -0.2) is 4.57 Å². The first-order valence-electron chi connectivity index (χ1n) is 1.98. The van der Waals surface area contributed by atoms with Crippen molar-refractivity contribution in [2.45, 2.75) is 0 Å². The lowest BCUT2D eigenvalue weighted by atomic mass is 10.7. The van der Waals surface area contributed by atoms with E-state index in [1.807, 2.05) is 7.05 Å². The van der Waals surface area contributed by atoms with Gasteiger partial charge in [0.15, 0.2) is 0 Å². The van der Waals surface area contributed by atoms with E-state index in [1.54, 1.807) is 16.8 Å². The summed E-state index contributed by atoms with van der Waals surface area (Å²) in [4.78, 5) is 0. The van der Waals surface area contributed by atoms with Crippen LogP contribution < -0.4 is 0 Å². The van der Waals surface area contributed by atoms with E-state index in [0.717, 1.165) is 5.02 Å². The molecule has 0 aliphatic carbocycles. The largest absolute Gasteiger partial charge is 0.348 e. The van der Waals surface area contributed by atoms with E-state index in [9.17, 15) is 0 Å². The highest BCUT2D eigenvalue weighted by molar-refractivity contribution is 6.30. The number of aromatic nitrogens is 1. The first kappa shape index (κ1) is 4.72. The average Bonchev–Trinajstić information content (AvgIpc) is 1.87. The predicted octanol–water partition coefficient (Wildman–Crippen LogP) is 1.48. The van der Waals surface area contributed by atoms with Crippen molar-refractivity contribution < 1.29 is 0 Å². The SMILES string of the molecule is Cn1[c]cc(Cl)c1. The maximum Gasteiger partial charge on any atom is 0.0661 e. The van der Waals surface area contributed by atoms with Crippen LogP contribution in [0, 0.1) is 6.20 Å². The monoisotopic (exact) mass is 114 g/mol. The summed E-state index contributed by atoms with van der Waals surface area (Å²) in [5.74, 6) is 0. The molecule has 2 heteroatoms. The smallest absolute Gasteiger partial charge is 0.0661 e. The maximum atomic E-state index is 5.51. The van der Waals surface area contributed by atoms with Gasteiger partial charge in [0.1, 0.15) is 0 Å². The summed E-state index contributed by atoms with van der Waals surface area (Å²) in [6.07, 6.45) is 4.65. The molecular weight excluding hydrogens is 110 g/mol. The molecule has 0 aromatic carbocycles.